The van der Waals surface area contributed by atoms with E-state index in [9.17, 15) is 0 Å². The van der Waals surface area contributed by atoms with Gasteiger partial charge in [0.1, 0.15) is 12.4 Å². The first-order valence-corrected chi connectivity index (χ1v) is 7.09. The summed E-state index contributed by atoms with van der Waals surface area (Å²) in [5.41, 5.74) is 7.92. The molecule has 0 aliphatic carbocycles. The fourth-order valence-electron chi connectivity index (χ4n) is 2.02. The van der Waals surface area contributed by atoms with Gasteiger partial charge >= 0.3 is 0 Å². The van der Waals surface area contributed by atoms with E-state index in [1.165, 1.54) is 0 Å². The first kappa shape index (κ1) is 14.1. The molecule has 0 saturated heterocycles. The first-order chi connectivity index (χ1) is 9.20. The van der Waals surface area contributed by atoms with E-state index in [-0.39, 0.29) is 0 Å². The average molecular weight is 324 g/mol. The number of aromatic nitrogens is 2. The van der Waals surface area contributed by atoms with E-state index in [0.717, 1.165) is 34.3 Å². The van der Waals surface area contributed by atoms with Gasteiger partial charge in [0.2, 0.25) is 0 Å². The predicted molar refractivity (Wildman–Crippen MR) is 79.4 cm³/mol. The van der Waals surface area contributed by atoms with Gasteiger partial charge in [-0.25, -0.2) is 0 Å². The maximum absolute atomic E-state index is 5.91. The lowest BCUT2D eigenvalue weighted by Gasteiger charge is -2.14. The average Bonchev–Trinajstić information content (AvgIpc) is 2.86. The minimum absolute atomic E-state index is 0.599. The second kappa shape index (κ2) is 6.73. The van der Waals surface area contributed by atoms with Gasteiger partial charge in [-0.05, 0) is 49.2 Å². The molecule has 0 radical (unpaired) electrons. The van der Waals surface area contributed by atoms with E-state index in [1.807, 2.05) is 23.9 Å². The summed E-state index contributed by atoms with van der Waals surface area (Å²) in [6.07, 6.45) is 4.51. The van der Waals surface area contributed by atoms with Gasteiger partial charge in [-0.3, -0.25) is 4.68 Å². The topological polar surface area (TPSA) is 53.1 Å². The summed E-state index contributed by atoms with van der Waals surface area (Å²) >= 11 is 3.51. The van der Waals surface area contributed by atoms with Gasteiger partial charge in [0.05, 0.1) is 6.54 Å². The zero-order valence-corrected chi connectivity index (χ0v) is 12.6. The Kier molecular flexibility index (Phi) is 4.99. The molecule has 2 aromatic rings. The highest BCUT2D eigenvalue weighted by Crippen LogP contribution is 2.28. The van der Waals surface area contributed by atoms with Crippen LogP contribution in [0.3, 0.4) is 0 Å². The lowest BCUT2D eigenvalue weighted by Crippen LogP contribution is -2.11. The Morgan fingerprint density at radius 2 is 2.26 bits per heavy atom. The van der Waals surface area contributed by atoms with Crippen molar-refractivity contribution in [2.24, 2.45) is 5.73 Å². The van der Waals surface area contributed by atoms with E-state index in [2.05, 4.69) is 33.2 Å². The second-order valence-corrected chi connectivity index (χ2v) is 5.28. The van der Waals surface area contributed by atoms with Crippen molar-refractivity contribution in [1.82, 2.24) is 9.78 Å². The van der Waals surface area contributed by atoms with Gasteiger partial charge in [0, 0.05) is 16.9 Å². The van der Waals surface area contributed by atoms with Crippen LogP contribution in [0.2, 0.25) is 0 Å². The van der Waals surface area contributed by atoms with Crippen molar-refractivity contribution in [2.75, 3.05) is 13.2 Å². The summed E-state index contributed by atoms with van der Waals surface area (Å²) < 4.78 is 8.83. The van der Waals surface area contributed by atoms with Crippen LogP contribution in [0, 0.1) is 6.92 Å². The lowest BCUT2D eigenvalue weighted by atomic mass is 10.1. The molecule has 0 spiro atoms. The Labute approximate surface area is 121 Å². The Balaban J connectivity index is 2.05. The molecule has 5 heteroatoms. The third-order valence-electron chi connectivity index (χ3n) is 2.86. The van der Waals surface area contributed by atoms with Crippen LogP contribution in [0.1, 0.15) is 11.1 Å². The highest BCUT2D eigenvalue weighted by atomic mass is 79.9. The van der Waals surface area contributed by atoms with Crippen LogP contribution in [-0.2, 0) is 13.0 Å². The summed E-state index contributed by atoms with van der Waals surface area (Å²) in [4.78, 5) is 0. The Morgan fingerprint density at radius 1 is 1.42 bits per heavy atom. The Morgan fingerprint density at radius 3 is 2.95 bits per heavy atom. The molecule has 2 N–H and O–H groups in total. The third-order valence-corrected chi connectivity index (χ3v) is 3.31. The number of benzene rings is 1. The fraction of sp³-hybridized carbons (Fsp3) is 0.357. The minimum atomic E-state index is 0.599. The molecule has 0 aliphatic heterocycles. The van der Waals surface area contributed by atoms with Crippen LogP contribution in [0.4, 0.5) is 0 Å². The molecule has 0 saturated carbocycles. The number of nitrogens with zero attached hydrogens (tertiary/aromatic N) is 2. The van der Waals surface area contributed by atoms with Crippen LogP contribution >= 0.6 is 15.9 Å². The quantitative estimate of drug-likeness (QED) is 0.888. The third kappa shape index (κ3) is 3.81. The molecule has 102 valence electrons. The molecule has 0 atom stereocenters. The van der Waals surface area contributed by atoms with E-state index in [1.54, 1.807) is 6.20 Å². The zero-order chi connectivity index (χ0) is 13.7. The van der Waals surface area contributed by atoms with Crippen LogP contribution in [-0.4, -0.2) is 22.9 Å². The van der Waals surface area contributed by atoms with Crippen LogP contribution in [0.15, 0.2) is 35.1 Å². The first-order valence-electron chi connectivity index (χ1n) is 6.30. The summed E-state index contributed by atoms with van der Waals surface area (Å²) in [6, 6.07) is 6.04. The van der Waals surface area contributed by atoms with Crippen LogP contribution < -0.4 is 10.5 Å². The molecular weight excluding hydrogens is 306 g/mol. The van der Waals surface area contributed by atoms with Crippen molar-refractivity contribution in [3.05, 3.63) is 46.2 Å². The fourth-order valence-corrected chi connectivity index (χ4v) is 2.64. The zero-order valence-electron chi connectivity index (χ0n) is 11.0. The van der Waals surface area contributed by atoms with Crippen molar-refractivity contribution in [2.45, 2.75) is 19.9 Å². The van der Waals surface area contributed by atoms with Gasteiger partial charge in [0.15, 0.2) is 0 Å². The van der Waals surface area contributed by atoms with E-state index in [4.69, 9.17) is 10.5 Å². The normalized spacial score (nSPS) is 10.7. The van der Waals surface area contributed by atoms with Gasteiger partial charge in [-0.2, -0.15) is 5.10 Å². The molecule has 1 aromatic heterocycles. The number of nitrogens with two attached hydrogens (primary N) is 1. The number of hydrogen-bond donors (Lipinski definition) is 1. The van der Waals surface area contributed by atoms with Crippen LogP contribution in [0.25, 0.3) is 0 Å². The number of rotatable bonds is 6. The second-order valence-electron chi connectivity index (χ2n) is 4.37. The molecule has 19 heavy (non-hydrogen) atoms. The molecule has 0 fully saturated rings. The van der Waals surface area contributed by atoms with Gasteiger partial charge in [-0.1, -0.05) is 15.9 Å². The molecule has 4 nitrogen and oxygen atoms in total. The number of halogens is 1. The molecule has 0 amide bonds. The molecule has 1 aromatic carbocycles. The van der Waals surface area contributed by atoms with Crippen molar-refractivity contribution < 1.29 is 4.74 Å². The highest BCUT2D eigenvalue weighted by molar-refractivity contribution is 9.10. The smallest absolute Gasteiger partial charge is 0.125 e. The lowest BCUT2D eigenvalue weighted by molar-refractivity contribution is 0.287. The van der Waals surface area contributed by atoms with Crippen molar-refractivity contribution in [1.29, 1.82) is 0 Å². The van der Waals surface area contributed by atoms with Gasteiger partial charge < -0.3 is 10.5 Å². The number of ether oxygens (including phenoxy) is 1. The number of aryl methyl sites for hydroxylation is 1. The molecule has 0 bridgehead atoms. The molecule has 0 aliphatic rings. The van der Waals surface area contributed by atoms with Crippen molar-refractivity contribution in [3.63, 3.8) is 0 Å². The Hall–Kier alpha value is -1.33. The SMILES string of the molecule is Cc1cc(Br)cc(CCN)c1OCCn1cccn1. The Bertz CT molecular complexity index is 526. The van der Waals surface area contributed by atoms with E-state index >= 15 is 0 Å². The van der Waals surface area contributed by atoms with Crippen molar-refractivity contribution >= 4 is 15.9 Å². The standard InChI is InChI=1S/C14H18BrN3O/c1-11-9-13(15)10-12(3-4-16)14(11)19-8-7-18-6-2-5-17-18/h2,5-6,9-10H,3-4,7-8,16H2,1H3. The number of hydrogen-bond acceptors (Lipinski definition) is 3. The summed E-state index contributed by atoms with van der Waals surface area (Å²) in [7, 11) is 0. The summed E-state index contributed by atoms with van der Waals surface area (Å²) in [5, 5.41) is 4.15. The highest BCUT2D eigenvalue weighted by Gasteiger charge is 2.08. The van der Waals surface area contributed by atoms with Crippen molar-refractivity contribution in [3.8, 4) is 5.75 Å². The van der Waals surface area contributed by atoms with Crippen LogP contribution in [0.5, 0.6) is 5.75 Å². The maximum Gasteiger partial charge on any atom is 0.125 e. The molecular formula is C14H18BrN3O. The molecule has 0 unspecified atom stereocenters. The minimum Gasteiger partial charge on any atom is -0.491 e. The predicted octanol–water partition coefficient (Wildman–Crippen LogP) is 2.53. The summed E-state index contributed by atoms with van der Waals surface area (Å²) in [6.45, 7) is 4.01. The summed E-state index contributed by atoms with van der Waals surface area (Å²) in [5.74, 6) is 0.945. The largest absolute Gasteiger partial charge is 0.491 e. The maximum atomic E-state index is 5.91. The monoisotopic (exact) mass is 323 g/mol. The van der Waals surface area contributed by atoms with E-state index < -0.39 is 0 Å². The molecule has 2 rings (SSSR count). The van der Waals surface area contributed by atoms with Gasteiger partial charge in [-0.15, -0.1) is 0 Å². The van der Waals surface area contributed by atoms with Gasteiger partial charge in [0.25, 0.3) is 0 Å². The van der Waals surface area contributed by atoms with E-state index in [0.29, 0.717) is 13.2 Å². The molecule has 1 heterocycles.